The van der Waals surface area contributed by atoms with E-state index in [4.69, 9.17) is 5.73 Å². The Balaban J connectivity index is 2.60. The van der Waals surface area contributed by atoms with E-state index in [-0.39, 0.29) is 18.2 Å². The van der Waals surface area contributed by atoms with Gasteiger partial charge in [0.05, 0.1) is 12.3 Å². The molecule has 4 N–H and O–H groups in total. The molecule has 0 saturated heterocycles. The van der Waals surface area contributed by atoms with Crippen molar-refractivity contribution in [3.8, 4) is 0 Å². The Bertz CT molecular complexity index is 482. The van der Waals surface area contributed by atoms with Gasteiger partial charge in [0.25, 0.3) is 0 Å². The number of likely N-dealkylation sites (N-methyl/N-ethyl adjacent to an activating group) is 1. The lowest BCUT2D eigenvalue weighted by molar-refractivity contribution is -0.119. The maximum Gasteiger partial charge on any atom is 0.234 e. The number of benzene rings is 1. The zero-order chi connectivity index (χ0) is 12.9. The van der Waals surface area contributed by atoms with Crippen LogP contribution in [0.1, 0.15) is 5.56 Å². The fraction of sp³-hybridized carbons (Fsp3) is 0.300. The fourth-order valence-electron chi connectivity index (χ4n) is 1.15. The molecule has 0 aliphatic rings. The molecule has 94 valence electrons. The first kappa shape index (κ1) is 13.5. The number of anilines is 1. The smallest absolute Gasteiger partial charge is 0.234 e. The van der Waals surface area contributed by atoms with Gasteiger partial charge in [0, 0.05) is 12.7 Å². The van der Waals surface area contributed by atoms with Gasteiger partial charge in [-0.25, -0.2) is 13.1 Å². The van der Waals surface area contributed by atoms with Crippen LogP contribution in [0.15, 0.2) is 24.3 Å². The molecular formula is C10H15N3O3S. The Morgan fingerprint density at radius 2 is 1.88 bits per heavy atom. The van der Waals surface area contributed by atoms with Crippen LogP contribution in [0.3, 0.4) is 0 Å². The fourth-order valence-corrected chi connectivity index (χ4v) is 2.23. The molecular weight excluding hydrogens is 242 g/mol. The third-order valence-corrected chi connectivity index (χ3v) is 3.37. The SMILES string of the molecule is CNC(=O)CNS(=O)(=O)Cc1ccc(N)cc1. The van der Waals surface area contributed by atoms with Crippen molar-refractivity contribution >= 4 is 21.6 Å². The van der Waals surface area contributed by atoms with E-state index in [1.165, 1.54) is 7.05 Å². The average molecular weight is 257 g/mol. The molecule has 1 aromatic carbocycles. The molecule has 0 spiro atoms. The molecule has 0 bridgehead atoms. The first-order valence-corrected chi connectivity index (χ1v) is 6.60. The van der Waals surface area contributed by atoms with Gasteiger partial charge in [-0.1, -0.05) is 12.1 Å². The third-order valence-electron chi connectivity index (χ3n) is 2.07. The summed E-state index contributed by atoms with van der Waals surface area (Å²) in [6.07, 6.45) is 0. The highest BCUT2D eigenvalue weighted by atomic mass is 32.2. The molecule has 1 amide bonds. The van der Waals surface area contributed by atoms with Gasteiger partial charge in [-0.2, -0.15) is 0 Å². The van der Waals surface area contributed by atoms with Crippen LogP contribution in [0.5, 0.6) is 0 Å². The Kier molecular flexibility index (Phi) is 4.47. The van der Waals surface area contributed by atoms with E-state index in [0.717, 1.165) is 0 Å². The number of carbonyl (C=O) groups excluding carboxylic acids is 1. The Morgan fingerprint density at radius 3 is 2.41 bits per heavy atom. The van der Waals surface area contributed by atoms with Gasteiger partial charge in [0.1, 0.15) is 0 Å². The first-order chi connectivity index (χ1) is 7.93. The van der Waals surface area contributed by atoms with E-state index in [1.54, 1.807) is 24.3 Å². The second-order valence-corrected chi connectivity index (χ2v) is 5.30. The van der Waals surface area contributed by atoms with Crippen molar-refractivity contribution in [1.29, 1.82) is 0 Å². The molecule has 0 aromatic heterocycles. The second-order valence-electron chi connectivity index (χ2n) is 3.49. The number of amides is 1. The number of nitrogen functional groups attached to an aromatic ring is 1. The summed E-state index contributed by atoms with van der Waals surface area (Å²) in [5, 5.41) is 2.33. The van der Waals surface area contributed by atoms with Crippen molar-refractivity contribution in [2.45, 2.75) is 5.75 Å². The number of rotatable bonds is 5. The van der Waals surface area contributed by atoms with Crippen LogP contribution in [-0.2, 0) is 20.6 Å². The van der Waals surface area contributed by atoms with Gasteiger partial charge in [0.2, 0.25) is 15.9 Å². The molecule has 0 aliphatic heterocycles. The average Bonchev–Trinajstić information content (AvgIpc) is 2.29. The topological polar surface area (TPSA) is 101 Å². The second kappa shape index (κ2) is 5.65. The predicted octanol–water partition coefficient (Wildman–Crippen LogP) is -0.566. The molecule has 1 aromatic rings. The van der Waals surface area contributed by atoms with Crippen LogP contribution in [0, 0.1) is 0 Å². The highest BCUT2D eigenvalue weighted by Crippen LogP contribution is 2.08. The minimum absolute atomic E-state index is 0.176. The summed E-state index contributed by atoms with van der Waals surface area (Å²) in [6.45, 7) is -0.256. The van der Waals surface area contributed by atoms with Gasteiger partial charge in [-0.15, -0.1) is 0 Å². The maximum atomic E-state index is 11.6. The number of nitrogens with one attached hydrogen (secondary N) is 2. The van der Waals surface area contributed by atoms with Crippen molar-refractivity contribution in [2.75, 3.05) is 19.3 Å². The van der Waals surface area contributed by atoms with Crippen molar-refractivity contribution < 1.29 is 13.2 Å². The van der Waals surface area contributed by atoms with Gasteiger partial charge < -0.3 is 11.1 Å². The summed E-state index contributed by atoms with van der Waals surface area (Å²) in [5.74, 6) is -0.560. The summed E-state index contributed by atoms with van der Waals surface area (Å²) in [7, 11) is -2.06. The summed E-state index contributed by atoms with van der Waals surface area (Å²) in [4.78, 5) is 10.9. The van der Waals surface area contributed by atoms with Crippen LogP contribution in [0.4, 0.5) is 5.69 Å². The number of nitrogens with two attached hydrogens (primary N) is 1. The monoisotopic (exact) mass is 257 g/mol. The normalized spacial score (nSPS) is 11.1. The zero-order valence-corrected chi connectivity index (χ0v) is 10.3. The molecule has 0 unspecified atom stereocenters. The highest BCUT2D eigenvalue weighted by Gasteiger charge is 2.12. The molecule has 0 atom stereocenters. The molecule has 7 heteroatoms. The lowest BCUT2D eigenvalue weighted by Gasteiger charge is -2.06. The standard InChI is InChI=1S/C10H15N3O3S/c1-12-10(14)6-13-17(15,16)7-8-2-4-9(11)5-3-8/h2-5,13H,6-7,11H2,1H3,(H,12,14). The molecule has 0 saturated carbocycles. The van der Waals surface area contributed by atoms with Crippen LogP contribution in [-0.4, -0.2) is 27.9 Å². The Morgan fingerprint density at radius 1 is 1.29 bits per heavy atom. The van der Waals surface area contributed by atoms with Gasteiger partial charge in [0.15, 0.2) is 0 Å². The van der Waals surface area contributed by atoms with E-state index in [2.05, 4.69) is 10.0 Å². The number of hydrogen-bond donors (Lipinski definition) is 3. The zero-order valence-electron chi connectivity index (χ0n) is 9.43. The summed E-state index contributed by atoms with van der Waals surface area (Å²) in [5.41, 5.74) is 6.68. The van der Waals surface area contributed by atoms with E-state index in [0.29, 0.717) is 11.3 Å². The molecule has 0 heterocycles. The molecule has 17 heavy (non-hydrogen) atoms. The lowest BCUT2D eigenvalue weighted by Crippen LogP contribution is -2.35. The summed E-state index contributed by atoms with van der Waals surface area (Å²) in [6, 6.07) is 6.52. The van der Waals surface area contributed by atoms with Crippen LogP contribution in [0.25, 0.3) is 0 Å². The van der Waals surface area contributed by atoms with E-state index < -0.39 is 10.0 Å². The molecule has 6 nitrogen and oxygen atoms in total. The quantitative estimate of drug-likeness (QED) is 0.615. The lowest BCUT2D eigenvalue weighted by atomic mass is 10.2. The maximum absolute atomic E-state index is 11.6. The van der Waals surface area contributed by atoms with E-state index in [9.17, 15) is 13.2 Å². The Hall–Kier alpha value is -1.60. The van der Waals surface area contributed by atoms with Crippen LogP contribution < -0.4 is 15.8 Å². The summed E-state index contributed by atoms with van der Waals surface area (Å²) < 4.78 is 25.4. The van der Waals surface area contributed by atoms with Crippen LogP contribution in [0.2, 0.25) is 0 Å². The molecule has 0 aliphatic carbocycles. The van der Waals surface area contributed by atoms with E-state index >= 15 is 0 Å². The molecule has 0 fully saturated rings. The van der Waals surface area contributed by atoms with Crippen molar-refractivity contribution in [3.05, 3.63) is 29.8 Å². The molecule has 1 rings (SSSR count). The van der Waals surface area contributed by atoms with Crippen LogP contribution >= 0.6 is 0 Å². The van der Waals surface area contributed by atoms with Crippen molar-refractivity contribution in [2.24, 2.45) is 0 Å². The minimum atomic E-state index is -3.50. The van der Waals surface area contributed by atoms with Gasteiger partial charge in [-0.05, 0) is 17.7 Å². The number of carbonyl (C=O) groups is 1. The predicted molar refractivity (Wildman–Crippen MR) is 65.5 cm³/mol. The highest BCUT2D eigenvalue weighted by molar-refractivity contribution is 7.88. The number of sulfonamides is 1. The minimum Gasteiger partial charge on any atom is -0.399 e. The summed E-state index contributed by atoms with van der Waals surface area (Å²) >= 11 is 0. The number of hydrogen-bond acceptors (Lipinski definition) is 4. The van der Waals surface area contributed by atoms with Gasteiger partial charge >= 0.3 is 0 Å². The molecule has 0 radical (unpaired) electrons. The first-order valence-electron chi connectivity index (χ1n) is 4.95. The van der Waals surface area contributed by atoms with Crippen molar-refractivity contribution in [3.63, 3.8) is 0 Å². The largest absolute Gasteiger partial charge is 0.399 e. The van der Waals surface area contributed by atoms with E-state index in [1.807, 2.05) is 0 Å². The van der Waals surface area contributed by atoms with Gasteiger partial charge in [-0.3, -0.25) is 4.79 Å². The Labute approximate surface area is 100 Å². The van der Waals surface area contributed by atoms with Crippen molar-refractivity contribution in [1.82, 2.24) is 10.0 Å². The third kappa shape index (κ3) is 4.83.